The number of methoxy groups -OCH3 is 1. The molecule has 0 radical (unpaired) electrons. The molecule has 3 aromatic rings. The summed E-state index contributed by atoms with van der Waals surface area (Å²) >= 11 is 0. The van der Waals surface area contributed by atoms with E-state index in [1.54, 1.807) is 4.57 Å². The number of aromatic nitrogens is 6. The Balaban J connectivity index is 1.34. The van der Waals surface area contributed by atoms with Gasteiger partial charge in [0.15, 0.2) is 30.1 Å². The molecule has 5 N–H and O–H groups in total. The predicted molar refractivity (Wildman–Crippen MR) is 167 cm³/mol. The molecular weight excluding hydrogens is 672 g/mol. The predicted octanol–water partition coefficient (Wildman–Crippen LogP) is 0.222. The van der Waals surface area contributed by atoms with Crippen molar-refractivity contribution in [2.75, 3.05) is 31.7 Å². The van der Waals surface area contributed by atoms with Crippen LogP contribution in [0.2, 0.25) is 0 Å². The molecule has 1 amide bonds. The van der Waals surface area contributed by atoms with Gasteiger partial charge in [-0.2, -0.15) is 4.98 Å². The Bertz CT molecular complexity index is 1730. The summed E-state index contributed by atoms with van der Waals surface area (Å²) in [6, 6.07) is 1.25. The van der Waals surface area contributed by atoms with E-state index < -0.39 is 81.0 Å². The van der Waals surface area contributed by atoms with Crippen LogP contribution in [0.5, 0.6) is 0 Å². The summed E-state index contributed by atoms with van der Waals surface area (Å²) in [6.45, 7) is 6.35. The summed E-state index contributed by atoms with van der Waals surface area (Å²) in [6.07, 6.45) is -6.23. The largest absolute Gasteiger partial charge is 0.756 e. The number of nitrogens with one attached hydrogen (secondary N) is 1. The third kappa shape index (κ3) is 8.24. The normalized spacial score (nSPS) is 28.4. The zero-order valence-electron chi connectivity index (χ0n) is 27.4. The second kappa shape index (κ2) is 15.1. The molecule has 19 nitrogen and oxygen atoms in total. The number of halogens is 1. The first kappa shape index (κ1) is 36.7. The minimum Gasteiger partial charge on any atom is -0.756 e. The third-order valence-electron chi connectivity index (χ3n) is 7.93. The van der Waals surface area contributed by atoms with Crippen LogP contribution in [-0.2, 0) is 37.4 Å². The Morgan fingerprint density at radius 2 is 1.84 bits per heavy atom. The Labute approximate surface area is 280 Å². The highest BCUT2D eigenvalue weighted by Crippen LogP contribution is 2.46. The van der Waals surface area contributed by atoms with E-state index in [2.05, 4.69) is 25.3 Å². The second-order valence-electron chi connectivity index (χ2n) is 12.1. The quantitative estimate of drug-likeness (QED) is 0.189. The van der Waals surface area contributed by atoms with Gasteiger partial charge >= 0.3 is 5.69 Å². The van der Waals surface area contributed by atoms with Crippen LogP contribution in [0.25, 0.3) is 11.2 Å². The van der Waals surface area contributed by atoms with Crippen molar-refractivity contribution in [2.24, 2.45) is 5.92 Å². The summed E-state index contributed by atoms with van der Waals surface area (Å²) in [7, 11) is -3.57. The van der Waals surface area contributed by atoms with Crippen molar-refractivity contribution in [2.45, 2.75) is 89.4 Å². The number of nitrogens with zero attached hydrogens (tertiary/aromatic N) is 6. The summed E-state index contributed by atoms with van der Waals surface area (Å²) in [5, 5.41) is 2.67. The van der Waals surface area contributed by atoms with E-state index in [1.807, 2.05) is 13.8 Å². The number of hydrogen-bond donors (Lipinski definition) is 3. The highest BCUT2D eigenvalue weighted by atomic mass is 31.2. The maximum Gasteiger partial charge on any atom is 0.351 e. The van der Waals surface area contributed by atoms with Gasteiger partial charge in [0.2, 0.25) is 5.91 Å². The van der Waals surface area contributed by atoms with E-state index in [1.165, 1.54) is 39.7 Å². The molecule has 5 heterocycles. The smallest absolute Gasteiger partial charge is 0.351 e. The fourth-order valence-electron chi connectivity index (χ4n) is 5.81. The van der Waals surface area contributed by atoms with Crippen LogP contribution in [0.4, 0.5) is 16.0 Å². The number of anilines is 2. The maximum atomic E-state index is 15.8. The van der Waals surface area contributed by atoms with Crippen molar-refractivity contribution in [3.05, 3.63) is 35.4 Å². The third-order valence-corrected chi connectivity index (χ3v) is 9.11. The highest BCUT2D eigenvalue weighted by molar-refractivity contribution is 7.45. The fourth-order valence-corrected chi connectivity index (χ4v) is 6.93. The van der Waals surface area contributed by atoms with Gasteiger partial charge in [-0.05, 0) is 33.8 Å². The maximum absolute atomic E-state index is 15.8. The van der Waals surface area contributed by atoms with E-state index in [0.717, 1.165) is 10.8 Å². The summed E-state index contributed by atoms with van der Waals surface area (Å²) in [5.41, 5.74) is 11.4. The van der Waals surface area contributed by atoms with Gasteiger partial charge in [0, 0.05) is 32.2 Å². The fraction of sp³-hybridized carbons (Fsp3) is 0.643. The lowest BCUT2D eigenvalue weighted by molar-refractivity contribution is -0.235. The van der Waals surface area contributed by atoms with Crippen molar-refractivity contribution in [3.8, 4) is 0 Å². The Kier molecular flexibility index (Phi) is 11.3. The van der Waals surface area contributed by atoms with Crippen LogP contribution < -0.4 is 27.4 Å². The van der Waals surface area contributed by atoms with Crippen molar-refractivity contribution in [1.29, 1.82) is 0 Å². The number of fused-ring (bicyclic) bond motifs is 1. The Morgan fingerprint density at radius 3 is 2.51 bits per heavy atom. The van der Waals surface area contributed by atoms with Gasteiger partial charge in [-0.15, -0.1) is 0 Å². The number of alkyl halides is 1. The van der Waals surface area contributed by atoms with Crippen LogP contribution >= 0.6 is 7.82 Å². The number of nitrogen functional groups attached to an aromatic ring is 2. The first-order chi connectivity index (χ1) is 23.2. The van der Waals surface area contributed by atoms with Crippen molar-refractivity contribution < 1.29 is 46.6 Å². The van der Waals surface area contributed by atoms with Gasteiger partial charge in [0.05, 0.1) is 31.2 Å². The molecule has 2 saturated heterocycles. The molecule has 0 spiro atoms. The van der Waals surface area contributed by atoms with E-state index in [4.69, 9.17) is 39.5 Å². The topological polar surface area (TPSA) is 255 Å². The number of phosphoric ester groups is 1. The van der Waals surface area contributed by atoms with Crippen LogP contribution in [0.3, 0.4) is 0 Å². The number of amides is 1. The molecule has 0 aliphatic carbocycles. The first-order valence-corrected chi connectivity index (χ1v) is 17.0. The molecule has 2 aliphatic rings. The molecule has 2 fully saturated rings. The molecule has 0 bridgehead atoms. The summed E-state index contributed by atoms with van der Waals surface area (Å²) in [5.74, 6) is -1.01. The van der Waals surface area contributed by atoms with Crippen LogP contribution in [0.15, 0.2) is 29.7 Å². The minimum atomic E-state index is -5.05. The number of nitrogens with two attached hydrogens (primary N) is 2. The SMILES string of the molecule is CO[C@@H]1[C@H](CC(=O)NC[C@H]2O[C@@H](n3ccc(N)nc3=O)[C@H](F)[C@@H]2OP(=O)([O-])OC(C)C)[C@@H](COC(C)C)O[C@H]1n1cnc2c(N)ncnc21. The Hall–Kier alpha value is -3.62. The average Bonchev–Trinajstić information content (AvgIpc) is 3.68. The molecule has 0 saturated carbocycles. The summed E-state index contributed by atoms with van der Waals surface area (Å²) in [4.78, 5) is 54.7. The molecule has 21 heteroatoms. The van der Waals surface area contributed by atoms with E-state index in [9.17, 15) is 19.0 Å². The van der Waals surface area contributed by atoms with Crippen molar-refractivity contribution in [1.82, 2.24) is 34.4 Å². The molecule has 5 rings (SSSR count). The summed E-state index contributed by atoms with van der Waals surface area (Å²) < 4.78 is 64.6. The minimum absolute atomic E-state index is 0.108. The number of ether oxygens (including phenoxy) is 4. The zero-order valence-corrected chi connectivity index (χ0v) is 28.3. The Morgan fingerprint density at radius 1 is 1.10 bits per heavy atom. The van der Waals surface area contributed by atoms with E-state index in [0.29, 0.717) is 11.2 Å². The number of carbonyl (C=O) groups is 1. The molecule has 3 aromatic heterocycles. The molecule has 0 aromatic carbocycles. The molecular formula is C28H40FN9O10P-. The van der Waals surface area contributed by atoms with Gasteiger partial charge in [0.25, 0.3) is 7.82 Å². The van der Waals surface area contributed by atoms with Crippen molar-refractivity contribution in [3.63, 3.8) is 0 Å². The monoisotopic (exact) mass is 712 g/mol. The number of imidazole rings is 1. The first-order valence-electron chi connectivity index (χ1n) is 15.5. The second-order valence-corrected chi connectivity index (χ2v) is 13.4. The molecule has 270 valence electrons. The number of rotatable bonds is 14. The lowest BCUT2D eigenvalue weighted by atomic mass is 9.93. The van der Waals surface area contributed by atoms with Gasteiger partial charge in [-0.25, -0.2) is 24.1 Å². The lowest BCUT2D eigenvalue weighted by Crippen LogP contribution is -2.42. The number of carbonyl (C=O) groups excluding carboxylic acids is 1. The van der Waals surface area contributed by atoms with E-state index >= 15 is 4.39 Å². The number of phosphoric acid groups is 1. The van der Waals surface area contributed by atoms with Crippen LogP contribution in [-0.4, -0.2) is 98.0 Å². The van der Waals surface area contributed by atoms with Gasteiger partial charge in [-0.1, -0.05) is 0 Å². The standard InChI is InChI=1S/C28H41FN9O10P/c1-13(2)44-10-17-15(22(43-5)27(46-17)38-12-35-21-24(31)33-11-34-25(21)38)8-19(39)32-9-16-23(48-49(41,42)47-14(3)4)20(29)26(45-16)37-7-6-18(30)36-28(37)40/h6-7,11-17,20,22-23,26-27H,8-10H2,1-5H3,(H,32,39)(H,41,42)(H2,30,36,40)(H2,31,33,34)/p-1/t15-,16-,17-,20-,22-,23-,26-,27-/m1/s1. The zero-order chi connectivity index (χ0) is 35.6. The molecule has 1 unspecified atom stereocenters. The molecule has 2 aliphatic heterocycles. The van der Waals surface area contributed by atoms with Gasteiger partial charge < -0.3 is 49.7 Å². The molecule has 49 heavy (non-hydrogen) atoms. The average molecular weight is 713 g/mol. The van der Waals surface area contributed by atoms with E-state index in [-0.39, 0.29) is 30.8 Å². The van der Waals surface area contributed by atoms with Crippen LogP contribution in [0.1, 0.15) is 46.6 Å². The van der Waals surface area contributed by atoms with Crippen LogP contribution in [0, 0.1) is 5.92 Å². The van der Waals surface area contributed by atoms with Crippen molar-refractivity contribution >= 4 is 36.5 Å². The lowest BCUT2D eigenvalue weighted by Gasteiger charge is -2.30. The van der Waals surface area contributed by atoms with Gasteiger partial charge in [-0.3, -0.25) is 18.5 Å². The number of hydrogen-bond acceptors (Lipinski definition) is 16. The highest BCUT2D eigenvalue weighted by Gasteiger charge is 2.50. The molecule has 9 atom stereocenters. The van der Waals surface area contributed by atoms with Gasteiger partial charge in [0.1, 0.15) is 36.0 Å².